The number of halogens is 1. The Morgan fingerprint density at radius 1 is 1.29 bits per heavy atom. The molecule has 1 aliphatic heterocycles. The number of nitrogens with zero attached hydrogens (tertiary/aromatic N) is 1. The van der Waals surface area contributed by atoms with E-state index in [1.807, 2.05) is 0 Å². The van der Waals surface area contributed by atoms with Crippen LogP contribution in [0, 0.1) is 0 Å². The van der Waals surface area contributed by atoms with Crippen molar-refractivity contribution in [1.82, 2.24) is 0 Å². The van der Waals surface area contributed by atoms with Gasteiger partial charge >= 0.3 is 0 Å². The largest absolute Gasteiger partial charge is 0.506 e. The fourth-order valence-electron chi connectivity index (χ4n) is 2.31. The number of Topliss-reactive ketones (excluding diaryl/α,β-unsaturated/α-hetero) is 1. The Bertz CT molecular complexity index is 870. The quantitative estimate of drug-likeness (QED) is 0.402. The van der Waals surface area contributed by atoms with Crippen LogP contribution in [0.25, 0.3) is 0 Å². The molecular weight excluding hydrogens is 354 g/mol. The lowest BCUT2D eigenvalue weighted by Gasteiger charge is -2.34. The highest BCUT2D eigenvalue weighted by molar-refractivity contribution is 8.23. The maximum absolute atomic E-state index is 11.7. The summed E-state index contributed by atoms with van der Waals surface area (Å²) in [5, 5.41) is 15.8. The summed E-state index contributed by atoms with van der Waals surface area (Å²) < 4.78 is 24.3. The van der Waals surface area contributed by atoms with E-state index in [4.69, 9.17) is 11.6 Å². The zero-order valence-corrected chi connectivity index (χ0v) is 14.0. The molecule has 1 aliphatic rings. The molecule has 0 aliphatic carbocycles. The van der Waals surface area contributed by atoms with Gasteiger partial charge in [-0.05, 0) is 25.1 Å². The lowest BCUT2D eigenvalue weighted by Crippen LogP contribution is -2.27. The van der Waals surface area contributed by atoms with E-state index >= 15 is 0 Å². The van der Waals surface area contributed by atoms with Gasteiger partial charge in [-0.2, -0.15) is 0 Å². The van der Waals surface area contributed by atoms with Crippen molar-refractivity contribution in [1.29, 1.82) is 0 Å². The number of fused-ring (bicyclic) bond motifs is 1. The number of carbonyl (C=O) groups excluding carboxylic acids is 1. The highest BCUT2D eigenvalue weighted by Crippen LogP contribution is 2.57. The minimum absolute atomic E-state index is 0.00194. The molecule has 1 heterocycles. The maximum atomic E-state index is 11.7. The Balaban J connectivity index is 2.01. The minimum atomic E-state index is -3.56. The Labute approximate surface area is 144 Å². The number of hydrogen-bond donors (Lipinski definition) is 5. The lowest BCUT2D eigenvalue weighted by molar-refractivity contribution is 0.101. The number of para-hydroxylation sites is 1. The van der Waals surface area contributed by atoms with Gasteiger partial charge in [0.2, 0.25) is 5.96 Å². The van der Waals surface area contributed by atoms with Gasteiger partial charge in [-0.3, -0.25) is 13.9 Å². The van der Waals surface area contributed by atoms with E-state index in [1.54, 1.807) is 24.3 Å². The molecule has 0 aromatic heterocycles. The first-order chi connectivity index (χ1) is 11.3. The molecule has 0 atom stereocenters. The molecule has 24 heavy (non-hydrogen) atoms. The van der Waals surface area contributed by atoms with Crippen LogP contribution in [0.2, 0.25) is 5.02 Å². The van der Waals surface area contributed by atoms with Gasteiger partial charge in [0, 0.05) is 16.7 Å². The van der Waals surface area contributed by atoms with Crippen molar-refractivity contribution in [3.8, 4) is 5.75 Å². The Morgan fingerprint density at radius 3 is 2.71 bits per heavy atom. The third-order valence-electron chi connectivity index (χ3n) is 3.36. The first kappa shape index (κ1) is 16.6. The van der Waals surface area contributed by atoms with Crippen LogP contribution in [-0.4, -0.2) is 26.0 Å². The molecule has 126 valence electrons. The van der Waals surface area contributed by atoms with E-state index in [9.17, 15) is 19.0 Å². The van der Waals surface area contributed by atoms with Gasteiger partial charge in [-0.15, -0.1) is 4.40 Å². The number of rotatable bonds is 2. The van der Waals surface area contributed by atoms with Gasteiger partial charge in [-0.1, -0.05) is 34.5 Å². The minimum Gasteiger partial charge on any atom is -0.506 e. The number of guanidine groups is 1. The molecule has 0 unspecified atom stereocenters. The molecule has 0 radical (unpaired) electrons. The average Bonchev–Trinajstić information content (AvgIpc) is 2.48. The number of phenols is 1. The van der Waals surface area contributed by atoms with Gasteiger partial charge in [0.15, 0.2) is 5.78 Å². The van der Waals surface area contributed by atoms with Crippen LogP contribution in [0.1, 0.15) is 17.3 Å². The van der Waals surface area contributed by atoms with Gasteiger partial charge in [-0.25, -0.2) is 0 Å². The predicted molar refractivity (Wildman–Crippen MR) is 95.4 cm³/mol. The fourth-order valence-corrected chi connectivity index (χ4v) is 3.74. The molecule has 2 aromatic carbocycles. The number of ketones is 1. The number of nitrogens with one attached hydrogen (secondary N) is 2. The van der Waals surface area contributed by atoms with Crippen LogP contribution < -0.4 is 10.6 Å². The highest BCUT2D eigenvalue weighted by Gasteiger charge is 2.29. The van der Waals surface area contributed by atoms with Crippen molar-refractivity contribution in [3.63, 3.8) is 0 Å². The standard InChI is InChI=1S/C15H14ClN3O4S/c1-8(20)10-4-2-3-5-11(10)17-15-18-14-12(21)6-9(16)7-13(14)24(22,23)19-15/h2-7,21-23H,1H3,(H2,17,18,19). The smallest absolute Gasteiger partial charge is 0.223 e. The van der Waals surface area contributed by atoms with Crippen molar-refractivity contribution in [2.75, 3.05) is 10.6 Å². The number of aromatic hydroxyl groups is 1. The molecule has 5 N–H and O–H groups in total. The van der Waals surface area contributed by atoms with Crippen LogP contribution >= 0.6 is 22.4 Å². The number of anilines is 2. The molecule has 0 saturated heterocycles. The number of benzene rings is 2. The van der Waals surface area contributed by atoms with Gasteiger partial charge in [0.05, 0.1) is 5.69 Å². The Hall–Kier alpha value is -2.26. The van der Waals surface area contributed by atoms with E-state index in [1.165, 1.54) is 19.1 Å². The second-order valence-corrected chi connectivity index (χ2v) is 7.20. The topological polar surface area (TPSA) is 114 Å². The van der Waals surface area contributed by atoms with Crippen molar-refractivity contribution >= 4 is 45.5 Å². The van der Waals surface area contributed by atoms with E-state index in [0.717, 1.165) is 0 Å². The molecule has 7 nitrogen and oxygen atoms in total. The van der Waals surface area contributed by atoms with E-state index in [0.29, 0.717) is 11.3 Å². The first-order valence-electron chi connectivity index (χ1n) is 6.82. The first-order valence-corrected chi connectivity index (χ1v) is 8.71. The average molecular weight is 368 g/mol. The summed E-state index contributed by atoms with van der Waals surface area (Å²) in [4.78, 5) is 11.7. The van der Waals surface area contributed by atoms with Crippen molar-refractivity contribution in [3.05, 3.63) is 47.0 Å². The molecule has 3 rings (SSSR count). The second kappa shape index (κ2) is 5.99. The van der Waals surface area contributed by atoms with Gasteiger partial charge in [0.25, 0.3) is 0 Å². The summed E-state index contributed by atoms with van der Waals surface area (Å²) >= 11 is 5.83. The van der Waals surface area contributed by atoms with Crippen LogP contribution in [0.5, 0.6) is 5.75 Å². The number of carbonyl (C=O) groups is 1. The normalized spacial score (nSPS) is 16.4. The molecule has 9 heteroatoms. The summed E-state index contributed by atoms with van der Waals surface area (Å²) in [7, 11) is -3.56. The second-order valence-electron chi connectivity index (χ2n) is 5.11. The molecule has 0 spiro atoms. The van der Waals surface area contributed by atoms with Crippen molar-refractivity contribution < 1.29 is 19.0 Å². The SMILES string of the molecule is CC(=O)c1ccccc1NC1=NS(O)(O)c2cc(Cl)cc(O)c2N1. The monoisotopic (exact) mass is 367 g/mol. The zero-order chi connectivity index (χ0) is 17.5. The Kier molecular flexibility index (Phi) is 4.14. The van der Waals surface area contributed by atoms with Crippen molar-refractivity contribution in [2.24, 2.45) is 4.40 Å². The van der Waals surface area contributed by atoms with Crippen LogP contribution in [0.3, 0.4) is 0 Å². The lowest BCUT2D eigenvalue weighted by atomic mass is 10.1. The summed E-state index contributed by atoms with van der Waals surface area (Å²) in [6.45, 7) is 1.42. The summed E-state index contributed by atoms with van der Waals surface area (Å²) in [5.41, 5.74) is 0.963. The molecule has 0 bridgehead atoms. The molecule has 2 aromatic rings. The summed E-state index contributed by atoms with van der Waals surface area (Å²) in [5.74, 6) is -0.406. The third kappa shape index (κ3) is 3.04. The van der Waals surface area contributed by atoms with E-state index < -0.39 is 10.8 Å². The van der Waals surface area contributed by atoms with Crippen LogP contribution in [0.15, 0.2) is 45.7 Å². The fraction of sp³-hybridized carbons (Fsp3) is 0.0667. The molecular formula is C15H14ClN3O4S. The van der Waals surface area contributed by atoms with E-state index in [2.05, 4.69) is 15.0 Å². The summed E-state index contributed by atoms with van der Waals surface area (Å²) in [6, 6.07) is 9.33. The van der Waals surface area contributed by atoms with Crippen LogP contribution in [-0.2, 0) is 0 Å². The molecule has 0 fully saturated rings. The van der Waals surface area contributed by atoms with Gasteiger partial charge in [0.1, 0.15) is 16.3 Å². The number of hydrogen-bond acceptors (Lipinski definition) is 7. The summed E-state index contributed by atoms with van der Waals surface area (Å²) in [6.07, 6.45) is 0. The van der Waals surface area contributed by atoms with Crippen molar-refractivity contribution in [2.45, 2.75) is 11.8 Å². The maximum Gasteiger partial charge on any atom is 0.223 e. The number of phenolic OH excluding ortho intramolecular Hbond substituents is 1. The molecule has 0 amide bonds. The highest BCUT2D eigenvalue weighted by atomic mass is 35.5. The van der Waals surface area contributed by atoms with Crippen LogP contribution in [0.4, 0.5) is 11.4 Å². The van der Waals surface area contributed by atoms with Gasteiger partial charge < -0.3 is 15.7 Å². The zero-order valence-electron chi connectivity index (χ0n) is 12.4. The third-order valence-corrected chi connectivity index (χ3v) is 4.93. The Morgan fingerprint density at radius 2 is 2.00 bits per heavy atom. The molecule has 0 saturated carbocycles. The predicted octanol–water partition coefficient (Wildman–Crippen LogP) is 4.17. The van der Waals surface area contributed by atoms with E-state index in [-0.39, 0.29) is 33.1 Å².